The Morgan fingerprint density at radius 2 is 1.90 bits per heavy atom. The summed E-state index contributed by atoms with van der Waals surface area (Å²) in [5.41, 5.74) is 3.30. The van der Waals surface area contributed by atoms with Crippen LogP contribution < -0.4 is 10.2 Å². The van der Waals surface area contributed by atoms with Gasteiger partial charge in [-0.2, -0.15) is 0 Å². The Bertz CT molecular complexity index is 1060. The number of aromatic nitrogens is 3. The number of amides is 1. The zero-order valence-electron chi connectivity index (χ0n) is 16.9. The summed E-state index contributed by atoms with van der Waals surface area (Å²) < 4.78 is 0. The van der Waals surface area contributed by atoms with Crippen LogP contribution in [0.5, 0.6) is 0 Å². The number of carbonyl (C=O) groups is 1. The molecule has 1 aliphatic heterocycles. The molecule has 0 radical (unpaired) electrons. The van der Waals surface area contributed by atoms with Crippen LogP contribution in [0.1, 0.15) is 48.3 Å². The Hall–Kier alpha value is -3.03. The van der Waals surface area contributed by atoms with Gasteiger partial charge >= 0.3 is 0 Å². The minimum Gasteiger partial charge on any atom is -0.371 e. The molecule has 1 saturated carbocycles. The second-order valence-electron chi connectivity index (χ2n) is 8.34. The average molecular weight is 403 g/mol. The molecule has 1 amide bonds. The van der Waals surface area contributed by atoms with Crippen molar-refractivity contribution in [3.05, 3.63) is 77.4 Å². The van der Waals surface area contributed by atoms with Gasteiger partial charge in [-0.25, -0.2) is 0 Å². The third-order valence-corrected chi connectivity index (χ3v) is 6.30. The minimum absolute atomic E-state index is 0.00822. The maximum absolute atomic E-state index is 13.1. The van der Waals surface area contributed by atoms with Crippen molar-refractivity contribution in [2.75, 3.05) is 11.9 Å². The van der Waals surface area contributed by atoms with Crippen molar-refractivity contribution >= 4 is 11.6 Å². The summed E-state index contributed by atoms with van der Waals surface area (Å²) in [6, 6.07) is 17.6. The highest BCUT2D eigenvalue weighted by molar-refractivity contribution is 5.98. The lowest BCUT2D eigenvalue weighted by atomic mass is 9.89. The van der Waals surface area contributed by atoms with Crippen LogP contribution in [-0.2, 0) is 16.6 Å². The van der Waals surface area contributed by atoms with E-state index >= 15 is 0 Å². The third-order valence-electron chi connectivity index (χ3n) is 6.30. The predicted molar refractivity (Wildman–Crippen MR) is 113 cm³/mol. The highest BCUT2D eigenvalue weighted by atomic mass is 16.3. The summed E-state index contributed by atoms with van der Waals surface area (Å²) in [7, 11) is 1.80. The number of para-hydroxylation sites is 1. The minimum atomic E-state index is -1.10. The van der Waals surface area contributed by atoms with Crippen LogP contribution in [-0.4, -0.2) is 39.3 Å². The molecule has 7 heteroatoms. The molecule has 2 aromatic carbocycles. The molecule has 0 saturated heterocycles. The van der Waals surface area contributed by atoms with Gasteiger partial charge in [-0.15, -0.1) is 10.2 Å². The normalized spacial score (nSPS) is 20.7. The number of H-pyrrole nitrogens is 1. The average Bonchev–Trinajstić information content (AvgIpc) is 3.42. The molecule has 0 bridgehead atoms. The summed E-state index contributed by atoms with van der Waals surface area (Å²) in [4.78, 5) is 17.9. The third kappa shape index (κ3) is 3.40. The summed E-state index contributed by atoms with van der Waals surface area (Å²) in [5.74, 6) is 0.949. The Balaban J connectivity index is 1.33. The van der Waals surface area contributed by atoms with E-state index in [1.165, 1.54) is 5.56 Å². The van der Waals surface area contributed by atoms with E-state index in [1.807, 2.05) is 48.5 Å². The van der Waals surface area contributed by atoms with Crippen molar-refractivity contribution in [1.82, 2.24) is 20.5 Å². The van der Waals surface area contributed by atoms with Crippen molar-refractivity contribution in [2.45, 2.75) is 43.4 Å². The van der Waals surface area contributed by atoms with Gasteiger partial charge in [0.25, 0.3) is 0 Å². The van der Waals surface area contributed by atoms with E-state index in [0.717, 1.165) is 24.1 Å². The number of hydrogen-bond acceptors (Lipinski definition) is 5. The maximum atomic E-state index is 13.1. The number of fused-ring (bicyclic) bond motifs is 2. The zero-order valence-corrected chi connectivity index (χ0v) is 16.9. The van der Waals surface area contributed by atoms with E-state index in [9.17, 15) is 9.90 Å². The molecule has 2 atom stereocenters. The number of aliphatic hydroxyl groups is 1. The molecule has 3 N–H and O–H groups in total. The molecular weight excluding hydrogens is 378 g/mol. The van der Waals surface area contributed by atoms with Crippen LogP contribution in [0.25, 0.3) is 0 Å². The number of rotatable bonds is 5. The molecule has 1 spiro atoms. The number of aromatic amines is 1. The highest BCUT2D eigenvalue weighted by Gasteiger charge is 2.51. The molecule has 1 fully saturated rings. The number of aliphatic hydroxyl groups excluding tert-OH is 1. The van der Waals surface area contributed by atoms with E-state index in [-0.39, 0.29) is 11.3 Å². The Labute approximate surface area is 175 Å². The lowest BCUT2D eigenvalue weighted by Crippen LogP contribution is -2.46. The van der Waals surface area contributed by atoms with Crippen LogP contribution >= 0.6 is 0 Å². The predicted octanol–water partition coefficient (Wildman–Crippen LogP) is 2.44. The Morgan fingerprint density at radius 3 is 2.67 bits per heavy atom. The number of likely N-dealkylation sites (N-methyl/N-ethyl adjacent to an activating group) is 1. The fourth-order valence-corrected chi connectivity index (χ4v) is 4.48. The van der Waals surface area contributed by atoms with Crippen molar-refractivity contribution in [3.63, 3.8) is 0 Å². The van der Waals surface area contributed by atoms with E-state index < -0.39 is 12.3 Å². The smallest absolute Gasteiger partial charge is 0.243 e. The molecule has 7 nitrogen and oxygen atoms in total. The summed E-state index contributed by atoms with van der Waals surface area (Å²) in [6.45, 7) is 0. The second kappa shape index (κ2) is 7.34. The topological polar surface area (TPSA) is 94.1 Å². The Morgan fingerprint density at radius 1 is 1.17 bits per heavy atom. The van der Waals surface area contributed by atoms with Gasteiger partial charge in [0.1, 0.15) is 5.82 Å². The van der Waals surface area contributed by atoms with Gasteiger partial charge in [-0.3, -0.25) is 10.1 Å². The van der Waals surface area contributed by atoms with Crippen molar-refractivity contribution in [3.8, 4) is 0 Å². The zero-order chi connectivity index (χ0) is 20.7. The summed E-state index contributed by atoms with van der Waals surface area (Å²) >= 11 is 0. The fourth-order valence-electron chi connectivity index (χ4n) is 4.48. The summed E-state index contributed by atoms with van der Waals surface area (Å²) in [5, 5.41) is 22.1. The largest absolute Gasteiger partial charge is 0.371 e. The first-order valence-corrected chi connectivity index (χ1v) is 10.3. The second-order valence-corrected chi connectivity index (χ2v) is 8.34. The fraction of sp³-hybridized carbons (Fsp3) is 0.348. The van der Waals surface area contributed by atoms with Gasteiger partial charge in [-0.1, -0.05) is 48.5 Å². The molecular formula is C23H25N5O2. The SMILES string of the molecule is CN1C(=O)[C@@H](NC(O)c2nnc(Cc3ccccc3)[nH]2)CC2(CC2)c2ccccc21. The number of nitrogens with zero attached hydrogens (tertiary/aromatic N) is 3. The van der Waals surface area contributed by atoms with Gasteiger partial charge < -0.3 is 15.0 Å². The van der Waals surface area contributed by atoms with Gasteiger partial charge in [-0.05, 0) is 41.9 Å². The van der Waals surface area contributed by atoms with Crippen molar-refractivity contribution < 1.29 is 9.90 Å². The van der Waals surface area contributed by atoms with Crippen LogP contribution in [0.15, 0.2) is 54.6 Å². The van der Waals surface area contributed by atoms with Crippen molar-refractivity contribution in [2.24, 2.45) is 0 Å². The van der Waals surface area contributed by atoms with Gasteiger partial charge in [0, 0.05) is 19.2 Å². The van der Waals surface area contributed by atoms with Gasteiger partial charge in [0.2, 0.25) is 5.91 Å². The van der Waals surface area contributed by atoms with Crippen LogP contribution in [0, 0.1) is 0 Å². The number of anilines is 1. The van der Waals surface area contributed by atoms with Crippen LogP contribution in [0.4, 0.5) is 5.69 Å². The number of benzene rings is 2. The molecule has 30 heavy (non-hydrogen) atoms. The first-order valence-electron chi connectivity index (χ1n) is 10.3. The molecule has 2 heterocycles. The maximum Gasteiger partial charge on any atom is 0.243 e. The number of nitrogens with one attached hydrogen (secondary N) is 2. The number of hydrogen-bond donors (Lipinski definition) is 3. The van der Waals surface area contributed by atoms with Crippen molar-refractivity contribution in [1.29, 1.82) is 0 Å². The molecule has 2 aliphatic rings. The van der Waals surface area contributed by atoms with Crippen LogP contribution in [0.2, 0.25) is 0 Å². The quantitative estimate of drug-likeness (QED) is 0.569. The standard InChI is InChI=1S/C23H25N5O2/c1-28-18-10-6-5-9-16(18)23(11-12-23)14-17(22(28)30)24-21(29)20-25-19(26-27-20)13-15-7-3-2-4-8-15/h2-10,17,21,24,29H,11-14H2,1H3,(H,25,26,27)/t17-,21?/m0/s1. The Kier molecular flexibility index (Phi) is 4.64. The highest BCUT2D eigenvalue weighted by Crippen LogP contribution is 2.55. The molecule has 1 unspecified atom stereocenters. The molecule has 1 aliphatic carbocycles. The van der Waals surface area contributed by atoms with E-state index in [0.29, 0.717) is 24.5 Å². The van der Waals surface area contributed by atoms with Gasteiger partial charge in [0.15, 0.2) is 12.1 Å². The van der Waals surface area contributed by atoms with Crippen LogP contribution in [0.3, 0.4) is 0 Å². The molecule has 3 aromatic rings. The lowest BCUT2D eigenvalue weighted by molar-refractivity contribution is -0.121. The first kappa shape index (κ1) is 19.0. The van der Waals surface area contributed by atoms with E-state index in [1.54, 1.807) is 11.9 Å². The first-order chi connectivity index (χ1) is 14.6. The van der Waals surface area contributed by atoms with Gasteiger partial charge in [0.05, 0.1) is 6.04 Å². The molecule has 1 aromatic heterocycles. The molecule has 5 rings (SSSR count). The van der Waals surface area contributed by atoms with E-state index in [4.69, 9.17) is 0 Å². The number of carbonyl (C=O) groups excluding carboxylic acids is 1. The lowest BCUT2D eigenvalue weighted by Gasteiger charge is -2.24. The monoisotopic (exact) mass is 403 g/mol. The van der Waals surface area contributed by atoms with E-state index in [2.05, 4.69) is 26.6 Å². The molecule has 154 valence electrons. The summed E-state index contributed by atoms with van der Waals surface area (Å²) in [6.07, 6.45) is 2.28.